The van der Waals surface area contributed by atoms with Gasteiger partial charge < -0.3 is 9.84 Å². The molecule has 1 aromatic carbocycles. The van der Waals surface area contributed by atoms with Gasteiger partial charge in [-0.1, -0.05) is 18.2 Å². The van der Waals surface area contributed by atoms with Gasteiger partial charge >= 0.3 is 5.97 Å². The number of aromatic nitrogens is 2. The minimum atomic E-state index is -1.15. The molecule has 0 aliphatic carbocycles. The summed E-state index contributed by atoms with van der Waals surface area (Å²) in [6, 6.07) is 10.1. The monoisotopic (exact) mass is 434 g/mol. The number of aryl methyl sites for hydroxylation is 3. The Hall–Kier alpha value is -2.83. The molecule has 4 aromatic rings. The van der Waals surface area contributed by atoms with Gasteiger partial charge in [-0.05, 0) is 59.2 Å². The van der Waals surface area contributed by atoms with Gasteiger partial charge in [0.2, 0.25) is 0 Å². The maximum absolute atomic E-state index is 12.4. The Morgan fingerprint density at radius 3 is 2.55 bits per heavy atom. The predicted molar refractivity (Wildman–Crippen MR) is 126 cm³/mol. The van der Waals surface area contributed by atoms with Crippen LogP contribution in [0, 0.1) is 20.8 Å². The second kappa shape index (κ2) is 7.70. The number of pyridine rings is 2. The summed E-state index contributed by atoms with van der Waals surface area (Å²) < 4.78 is 6.06. The molecule has 0 unspecified atom stereocenters. The molecule has 3 heterocycles. The van der Waals surface area contributed by atoms with Gasteiger partial charge in [0, 0.05) is 44.2 Å². The zero-order valence-electron chi connectivity index (χ0n) is 18.6. The average Bonchev–Trinajstić information content (AvgIpc) is 3.05. The molecule has 0 amide bonds. The molecule has 1 atom stereocenters. The SMILES string of the molecule is Cc1cc2c(-c3ccc(C)c4cccnc34)c([C@H](OC(C)(C)C)C(=O)O)c(C)nc2s1. The van der Waals surface area contributed by atoms with E-state index >= 15 is 0 Å². The van der Waals surface area contributed by atoms with Gasteiger partial charge in [-0.25, -0.2) is 9.78 Å². The molecule has 0 bridgehead atoms. The van der Waals surface area contributed by atoms with Crippen LogP contribution in [0.2, 0.25) is 0 Å². The van der Waals surface area contributed by atoms with Crippen LogP contribution in [-0.2, 0) is 9.53 Å². The van der Waals surface area contributed by atoms with E-state index in [-0.39, 0.29) is 0 Å². The van der Waals surface area contributed by atoms with Crippen molar-refractivity contribution in [2.75, 3.05) is 0 Å². The highest BCUT2D eigenvalue weighted by Gasteiger charge is 2.33. The van der Waals surface area contributed by atoms with Crippen molar-refractivity contribution in [3.8, 4) is 11.1 Å². The first kappa shape index (κ1) is 21.4. The fourth-order valence-corrected chi connectivity index (χ4v) is 4.95. The lowest BCUT2D eigenvalue weighted by Crippen LogP contribution is -2.28. The van der Waals surface area contributed by atoms with Crippen LogP contribution < -0.4 is 0 Å². The molecule has 0 saturated carbocycles. The largest absolute Gasteiger partial charge is 0.479 e. The molecule has 31 heavy (non-hydrogen) atoms. The van der Waals surface area contributed by atoms with Crippen molar-refractivity contribution in [1.29, 1.82) is 0 Å². The van der Waals surface area contributed by atoms with Gasteiger partial charge in [0.25, 0.3) is 0 Å². The molecule has 3 aromatic heterocycles. The second-order valence-electron chi connectivity index (χ2n) is 8.84. The summed E-state index contributed by atoms with van der Waals surface area (Å²) in [6.45, 7) is 11.5. The summed E-state index contributed by atoms with van der Waals surface area (Å²) in [5.41, 5.74) is 4.31. The predicted octanol–water partition coefficient (Wildman–Crippen LogP) is 6.38. The first-order chi connectivity index (χ1) is 14.6. The lowest BCUT2D eigenvalue weighted by molar-refractivity contribution is -0.160. The van der Waals surface area contributed by atoms with Crippen LogP contribution in [-0.4, -0.2) is 26.6 Å². The molecule has 0 radical (unpaired) electrons. The number of aliphatic carboxylic acids is 1. The first-order valence-electron chi connectivity index (χ1n) is 10.2. The number of fused-ring (bicyclic) bond motifs is 2. The standard InChI is InChI=1S/C25H26N2O3S/c1-13-9-10-17(21-16(13)8-7-11-26-21)20-18-12-14(2)31-23(18)27-15(3)19(20)22(24(28)29)30-25(4,5)6/h7-12,22H,1-6H3,(H,28,29)/t22-/m0/s1. The molecular formula is C25H26N2O3S. The highest BCUT2D eigenvalue weighted by atomic mass is 32.1. The van der Waals surface area contributed by atoms with Crippen molar-refractivity contribution in [2.24, 2.45) is 0 Å². The van der Waals surface area contributed by atoms with Crippen molar-refractivity contribution < 1.29 is 14.6 Å². The second-order valence-corrected chi connectivity index (χ2v) is 10.1. The Kier molecular flexibility index (Phi) is 5.31. The average molecular weight is 435 g/mol. The third-order valence-corrected chi connectivity index (χ3v) is 6.19. The van der Waals surface area contributed by atoms with Crippen molar-refractivity contribution in [3.63, 3.8) is 0 Å². The number of ether oxygens (including phenoxy) is 1. The van der Waals surface area contributed by atoms with Gasteiger partial charge in [-0.15, -0.1) is 11.3 Å². The van der Waals surface area contributed by atoms with Crippen LogP contribution in [0.5, 0.6) is 0 Å². The molecule has 0 fully saturated rings. The van der Waals surface area contributed by atoms with Crippen molar-refractivity contribution in [2.45, 2.75) is 53.2 Å². The van der Waals surface area contributed by atoms with E-state index in [2.05, 4.69) is 24.0 Å². The minimum Gasteiger partial charge on any atom is -0.479 e. The van der Waals surface area contributed by atoms with E-state index in [4.69, 9.17) is 9.72 Å². The molecule has 0 spiro atoms. The number of thiophene rings is 1. The van der Waals surface area contributed by atoms with Crippen LogP contribution in [0.3, 0.4) is 0 Å². The summed E-state index contributed by atoms with van der Waals surface area (Å²) in [7, 11) is 0. The third-order valence-electron chi connectivity index (χ3n) is 5.25. The van der Waals surface area contributed by atoms with Crippen molar-refractivity contribution in [3.05, 3.63) is 58.2 Å². The van der Waals surface area contributed by atoms with E-state index in [9.17, 15) is 9.90 Å². The Bertz CT molecular complexity index is 1320. The van der Waals surface area contributed by atoms with Gasteiger partial charge in [0.15, 0.2) is 6.10 Å². The van der Waals surface area contributed by atoms with E-state index in [0.29, 0.717) is 11.3 Å². The molecule has 5 nitrogen and oxygen atoms in total. The third kappa shape index (κ3) is 3.93. The smallest absolute Gasteiger partial charge is 0.337 e. The number of benzene rings is 1. The van der Waals surface area contributed by atoms with Crippen molar-refractivity contribution in [1.82, 2.24) is 9.97 Å². The van der Waals surface area contributed by atoms with Gasteiger partial charge in [-0.3, -0.25) is 4.98 Å². The summed E-state index contributed by atoms with van der Waals surface area (Å²) >= 11 is 1.61. The van der Waals surface area contributed by atoms with E-state index in [1.807, 2.05) is 52.8 Å². The van der Waals surface area contributed by atoms with Crippen molar-refractivity contribution >= 4 is 38.4 Å². The topological polar surface area (TPSA) is 72.3 Å². The first-order valence-corrected chi connectivity index (χ1v) is 11.0. The number of carbonyl (C=O) groups is 1. The maximum atomic E-state index is 12.4. The Morgan fingerprint density at radius 2 is 1.87 bits per heavy atom. The summed E-state index contributed by atoms with van der Waals surface area (Å²) in [6.07, 6.45) is 0.627. The van der Waals surface area contributed by atoms with Crippen LogP contribution in [0.1, 0.15) is 48.6 Å². The van der Waals surface area contributed by atoms with E-state index < -0.39 is 17.7 Å². The van der Waals surface area contributed by atoms with Gasteiger partial charge in [-0.2, -0.15) is 0 Å². The molecule has 6 heteroatoms. The Morgan fingerprint density at radius 1 is 1.13 bits per heavy atom. The minimum absolute atomic E-state index is 0.587. The molecule has 4 rings (SSSR count). The van der Waals surface area contributed by atoms with Gasteiger partial charge in [0.1, 0.15) is 4.83 Å². The molecule has 0 aliphatic heterocycles. The number of rotatable bonds is 4. The molecule has 0 aliphatic rings. The van der Waals surface area contributed by atoms with E-state index in [1.165, 1.54) is 0 Å². The van der Waals surface area contributed by atoms with Crippen LogP contribution in [0.4, 0.5) is 0 Å². The quantitative estimate of drug-likeness (QED) is 0.404. The fraction of sp³-hybridized carbons (Fsp3) is 0.320. The van der Waals surface area contributed by atoms with E-state index in [0.717, 1.165) is 42.7 Å². The maximum Gasteiger partial charge on any atom is 0.337 e. The van der Waals surface area contributed by atoms with E-state index in [1.54, 1.807) is 17.5 Å². The van der Waals surface area contributed by atoms with Gasteiger partial charge in [0.05, 0.1) is 11.1 Å². The van der Waals surface area contributed by atoms with Crippen LogP contribution in [0.25, 0.3) is 32.2 Å². The Balaban J connectivity index is 2.15. The molecule has 0 saturated heterocycles. The number of carboxylic acid groups (broad SMARTS) is 1. The normalized spacial score (nSPS) is 13.1. The number of hydrogen-bond donors (Lipinski definition) is 1. The summed E-state index contributed by atoms with van der Waals surface area (Å²) in [5, 5.41) is 12.1. The zero-order valence-corrected chi connectivity index (χ0v) is 19.4. The summed E-state index contributed by atoms with van der Waals surface area (Å²) in [5.74, 6) is -1.03. The molecular weight excluding hydrogens is 408 g/mol. The summed E-state index contributed by atoms with van der Waals surface area (Å²) in [4.78, 5) is 23.9. The number of nitrogens with zero attached hydrogens (tertiary/aromatic N) is 2. The lowest BCUT2D eigenvalue weighted by atomic mass is 9.90. The van der Waals surface area contributed by atoms with Crippen LogP contribution >= 0.6 is 11.3 Å². The molecule has 1 N–H and O–H groups in total. The number of hydrogen-bond acceptors (Lipinski definition) is 5. The van der Waals surface area contributed by atoms with Crippen LogP contribution in [0.15, 0.2) is 36.5 Å². The highest BCUT2D eigenvalue weighted by molar-refractivity contribution is 7.18. The molecule has 160 valence electrons. The number of carboxylic acids is 1. The Labute approximate surface area is 185 Å². The lowest BCUT2D eigenvalue weighted by Gasteiger charge is -2.28. The fourth-order valence-electron chi connectivity index (χ4n) is 4.02. The highest BCUT2D eigenvalue weighted by Crippen LogP contribution is 2.43. The zero-order chi connectivity index (χ0) is 22.5.